The highest BCUT2D eigenvalue weighted by Crippen LogP contribution is 2.30. The van der Waals surface area contributed by atoms with Gasteiger partial charge in [-0.15, -0.1) is 0 Å². The molecule has 2 saturated heterocycles. The van der Waals surface area contributed by atoms with Gasteiger partial charge in [-0.1, -0.05) is 19.3 Å². The van der Waals surface area contributed by atoms with Crippen LogP contribution in [0.5, 0.6) is 0 Å². The number of rotatable bonds is 4. The molecule has 4 nitrogen and oxygen atoms in total. The molecule has 2 unspecified atom stereocenters. The minimum Gasteiger partial charge on any atom is -0.370 e. The minimum absolute atomic E-state index is 0.869. The molecule has 1 saturated carbocycles. The van der Waals surface area contributed by atoms with Gasteiger partial charge in [-0.2, -0.15) is 0 Å². The SMILES string of the molecule is C[N+]1(CCN2CN2C2CCCCC2)CCOCC1. The molecule has 0 aromatic rings. The van der Waals surface area contributed by atoms with Crippen molar-refractivity contribution in [2.45, 2.75) is 38.1 Å². The van der Waals surface area contributed by atoms with Gasteiger partial charge in [0.25, 0.3) is 0 Å². The standard InChI is InChI=1S/C14H28N3O/c1-17(9-11-18-12-10-17)8-7-15-13-16(15)14-5-3-2-4-6-14/h14H,2-13H2,1H3/q+1. The molecule has 18 heavy (non-hydrogen) atoms. The zero-order valence-corrected chi connectivity index (χ0v) is 11.8. The molecule has 3 aliphatic rings. The molecule has 2 atom stereocenters. The molecule has 0 spiro atoms. The van der Waals surface area contributed by atoms with Gasteiger partial charge in [0.1, 0.15) is 13.1 Å². The maximum Gasteiger partial charge on any atom is 0.102 e. The Hall–Kier alpha value is -0.160. The molecule has 2 heterocycles. The van der Waals surface area contributed by atoms with Gasteiger partial charge in [-0.25, -0.2) is 10.0 Å². The van der Waals surface area contributed by atoms with Crippen molar-refractivity contribution < 1.29 is 9.22 Å². The molecular weight excluding hydrogens is 226 g/mol. The first-order valence-corrected chi connectivity index (χ1v) is 7.70. The van der Waals surface area contributed by atoms with E-state index in [1.807, 2.05) is 0 Å². The van der Waals surface area contributed by atoms with E-state index in [9.17, 15) is 0 Å². The number of nitrogens with zero attached hydrogens (tertiary/aromatic N) is 3. The topological polar surface area (TPSA) is 15.2 Å². The Balaban J connectivity index is 1.39. The lowest BCUT2D eigenvalue weighted by atomic mass is 9.96. The lowest BCUT2D eigenvalue weighted by Crippen LogP contribution is -2.54. The lowest BCUT2D eigenvalue weighted by molar-refractivity contribution is -0.916. The minimum atomic E-state index is 0.869. The quantitative estimate of drug-likeness (QED) is 0.555. The summed E-state index contributed by atoms with van der Waals surface area (Å²) in [6, 6.07) is 0.869. The van der Waals surface area contributed by atoms with Crippen LogP contribution in [0.1, 0.15) is 32.1 Å². The highest BCUT2D eigenvalue weighted by Gasteiger charge is 2.39. The molecule has 2 aliphatic heterocycles. The van der Waals surface area contributed by atoms with Crippen molar-refractivity contribution in [3.05, 3.63) is 0 Å². The molecule has 4 heteroatoms. The van der Waals surface area contributed by atoms with Gasteiger partial charge < -0.3 is 9.22 Å². The number of ether oxygens (including phenoxy) is 1. The molecule has 0 aromatic heterocycles. The van der Waals surface area contributed by atoms with Crippen LogP contribution >= 0.6 is 0 Å². The third kappa shape index (κ3) is 3.05. The largest absolute Gasteiger partial charge is 0.370 e. The summed E-state index contributed by atoms with van der Waals surface area (Å²) < 4.78 is 6.67. The predicted molar refractivity (Wildman–Crippen MR) is 71.9 cm³/mol. The van der Waals surface area contributed by atoms with E-state index in [2.05, 4.69) is 17.1 Å². The smallest absolute Gasteiger partial charge is 0.102 e. The van der Waals surface area contributed by atoms with Crippen molar-refractivity contribution in [3.63, 3.8) is 0 Å². The molecule has 3 rings (SSSR count). The summed E-state index contributed by atoms with van der Waals surface area (Å²) in [5.74, 6) is 0. The Morgan fingerprint density at radius 2 is 1.83 bits per heavy atom. The first-order chi connectivity index (χ1) is 8.77. The van der Waals surface area contributed by atoms with Crippen LogP contribution in [0.2, 0.25) is 0 Å². The molecule has 0 radical (unpaired) electrons. The molecule has 0 bridgehead atoms. The highest BCUT2D eigenvalue weighted by atomic mass is 16.5. The van der Waals surface area contributed by atoms with E-state index in [0.29, 0.717) is 0 Å². The molecule has 1 aliphatic carbocycles. The van der Waals surface area contributed by atoms with Gasteiger partial charge in [-0.3, -0.25) is 0 Å². The average molecular weight is 254 g/mol. The summed E-state index contributed by atoms with van der Waals surface area (Å²) in [7, 11) is 2.39. The first kappa shape index (κ1) is 12.9. The monoisotopic (exact) mass is 254 g/mol. The van der Waals surface area contributed by atoms with Gasteiger partial charge in [0.2, 0.25) is 0 Å². The van der Waals surface area contributed by atoms with E-state index in [4.69, 9.17) is 4.74 Å². The van der Waals surface area contributed by atoms with Crippen LogP contribution in [0.4, 0.5) is 0 Å². The molecule has 3 fully saturated rings. The van der Waals surface area contributed by atoms with Crippen LogP contribution in [0.25, 0.3) is 0 Å². The molecule has 104 valence electrons. The molecular formula is C14H28N3O+. The van der Waals surface area contributed by atoms with Crippen LogP contribution in [0.3, 0.4) is 0 Å². The summed E-state index contributed by atoms with van der Waals surface area (Å²) in [5.41, 5.74) is 0. The third-order valence-electron chi connectivity index (χ3n) is 5.03. The number of hydrazine groups is 1. The van der Waals surface area contributed by atoms with Crippen molar-refractivity contribution in [2.75, 3.05) is 53.1 Å². The zero-order valence-electron chi connectivity index (χ0n) is 11.8. The van der Waals surface area contributed by atoms with E-state index < -0.39 is 0 Å². The highest BCUT2D eigenvalue weighted by molar-refractivity contribution is 4.81. The number of hydrogen-bond donors (Lipinski definition) is 0. The Kier molecular flexibility index (Phi) is 3.89. The van der Waals surface area contributed by atoms with Gasteiger partial charge in [-0.05, 0) is 12.8 Å². The van der Waals surface area contributed by atoms with Crippen molar-refractivity contribution in [1.82, 2.24) is 10.0 Å². The fourth-order valence-corrected chi connectivity index (χ4v) is 3.43. The Labute approximate surface area is 111 Å². The Bertz CT molecular complexity index is 272. The summed E-state index contributed by atoms with van der Waals surface area (Å²) in [5, 5.41) is 5.18. The van der Waals surface area contributed by atoms with Crippen LogP contribution in [-0.2, 0) is 4.74 Å². The van der Waals surface area contributed by atoms with Gasteiger partial charge in [0.05, 0.1) is 40.0 Å². The second kappa shape index (κ2) is 5.45. The predicted octanol–water partition coefficient (Wildman–Crippen LogP) is 1.29. The van der Waals surface area contributed by atoms with Crippen LogP contribution in [0.15, 0.2) is 0 Å². The van der Waals surface area contributed by atoms with Gasteiger partial charge >= 0.3 is 0 Å². The second-order valence-corrected chi connectivity index (χ2v) is 6.51. The van der Waals surface area contributed by atoms with Crippen LogP contribution < -0.4 is 0 Å². The second-order valence-electron chi connectivity index (χ2n) is 6.51. The molecule has 0 aromatic carbocycles. The Morgan fingerprint density at radius 1 is 1.11 bits per heavy atom. The van der Waals surface area contributed by atoms with E-state index in [1.165, 1.54) is 69.4 Å². The van der Waals surface area contributed by atoms with E-state index >= 15 is 0 Å². The summed E-state index contributed by atoms with van der Waals surface area (Å²) in [6.45, 7) is 8.03. The summed E-state index contributed by atoms with van der Waals surface area (Å²) >= 11 is 0. The van der Waals surface area contributed by atoms with E-state index in [-0.39, 0.29) is 0 Å². The zero-order chi connectivity index (χ0) is 12.4. The number of morpholine rings is 1. The van der Waals surface area contributed by atoms with Crippen molar-refractivity contribution >= 4 is 0 Å². The maximum absolute atomic E-state index is 5.46. The number of hydrogen-bond acceptors (Lipinski definition) is 3. The number of quaternary nitrogens is 1. The fraction of sp³-hybridized carbons (Fsp3) is 1.00. The van der Waals surface area contributed by atoms with Gasteiger partial charge in [0.15, 0.2) is 0 Å². The van der Waals surface area contributed by atoms with Crippen LogP contribution in [0, 0.1) is 0 Å². The van der Waals surface area contributed by atoms with Gasteiger partial charge in [0, 0.05) is 6.04 Å². The Morgan fingerprint density at radius 3 is 2.56 bits per heavy atom. The van der Waals surface area contributed by atoms with E-state index in [1.54, 1.807) is 0 Å². The maximum atomic E-state index is 5.46. The number of likely N-dealkylation sites (N-methyl/N-ethyl adjacent to an activating group) is 1. The van der Waals surface area contributed by atoms with Crippen LogP contribution in [-0.4, -0.2) is 73.7 Å². The third-order valence-corrected chi connectivity index (χ3v) is 5.03. The molecule has 0 amide bonds. The first-order valence-electron chi connectivity index (χ1n) is 7.70. The normalized spacial score (nSPS) is 36.5. The van der Waals surface area contributed by atoms with Crippen molar-refractivity contribution in [2.24, 2.45) is 0 Å². The molecule has 0 N–H and O–H groups in total. The van der Waals surface area contributed by atoms with Crippen molar-refractivity contribution in [3.8, 4) is 0 Å². The summed E-state index contributed by atoms with van der Waals surface area (Å²) in [4.78, 5) is 0. The average Bonchev–Trinajstić information content (AvgIpc) is 3.18. The fourth-order valence-electron chi connectivity index (χ4n) is 3.43. The lowest BCUT2D eigenvalue weighted by Gasteiger charge is -2.37. The summed E-state index contributed by atoms with van der Waals surface area (Å²) in [6.07, 6.45) is 7.20. The van der Waals surface area contributed by atoms with E-state index in [0.717, 1.165) is 19.3 Å². The van der Waals surface area contributed by atoms with Crippen molar-refractivity contribution in [1.29, 1.82) is 0 Å².